The van der Waals surface area contributed by atoms with Crippen molar-refractivity contribution in [2.24, 2.45) is 0 Å². The van der Waals surface area contributed by atoms with E-state index in [2.05, 4.69) is 15.6 Å². The van der Waals surface area contributed by atoms with E-state index in [0.717, 1.165) is 18.4 Å². The van der Waals surface area contributed by atoms with Crippen LogP contribution in [-0.2, 0) is 22.6 Å². The van der Waals surface area contributed by atoms with Crippen molar-refractivity contribution in [2.75, 3.05) is 6.54 Å². The van der Waals surface area contributed by atoms with Crippen LogP contribution in [0.25, 0.3) is 10.9 Å². The average Bonchev–Trinajstić information content (AvgIpc) is 3.73. The lowest BCUT2D eigenvalue weighted by molar-refractivity contribution is -0.138. The van der Waals surface area contributed by atoms with Crippen molar-refractivity contribution in [1.29, 1.82) is 0 Å². The normalized spacial score (nSPS) is 13.4. The molecule has 0 saturated heterocycles. The Morgan fingerprint density at radius 1 is 1.05 bits per heavy atom. The van der Waals surface area contributed by atoms with Gasteiger partial charge in [0, 0.05) is 52.8 Å². The highest BCUT2D eigenvalue weighted by Crippen LogP contribution is 2.28. The summed E-state index contributed by atoms with van der Waals surface area (Å²) in [4.78, 5) is 56.6. The summed E-state index contributed by atoms with van der Waals surface area (Å²) in [5, 5.41) is 6.22. The number of nitrogens with zero attached hydrogens (tertiary/aromatic N) is 1. The van der Waals surface area contributed by atoms with Crippen molar-refractivity contribution in [3.05, 3.63) is 106 Å². The maximum atomic E-state index is 14.3. The summed E-state index contributed by atoms with van der Waals surface area (Å²) < 4.78 is 14.3. The number of halogens is 2. The topological polar surface area (TPSA) is 111 Å². The second-order valence-electron chi connectivity index (χ2n) is 10.4. The molecule has 3 amide bonds. The number of amides is 3. The molecule has 1 heterocycles. The molecule has 3 aromatic carbocycles. The average molecular weight is 589 g/mol. The predicted molar refractivity (Wildman–Crippen MR) is 158 cm³/mol. The number of hydrogen-bond acceptors (Lipinski definition) is 4. The van der Waals surface area contributed by atoms with Crippen molar-refractivity contribution in [1.82, 2.24) is 20.5 Å². The first-order chi connectivity index (χ1) is 20.2. The Kier molecular flexibility index (Phi) is 8.68. The van der Waals surface area contributed by atoms with Gasteiger partial charge in [-0.3, -0.25) is 19.2 Å². The maximum absolute atomic E-state index is 14.3. The van der Waals surface area contributed by atoms with Crippen LogP contribution in [0.5, 0.6) is 0 Å². The first-order valence-corrected chi connectivity index (χ1v) is 14.1. The summed E-state index contributed by atoms with van der Waals surface area (Å²) in [5.74, 6) is -1.97. The first kappa shape index (κ1) is 29.0. The third-order valence-electron chi connectivity index (χ3n) is 7.30. The highest BCUT2D eigenvalue weighted by atomic mass is 35.5. The molecule has 1 aromatic heterocycles. The van der Waals surface area contributed by atoms with E-state index >= 15 is 0 Å². The number of ketones is 1. The van der Waals surface area contributed by atoms with Crippen LogP contribution in [0.3, 0.4) is 0 Å². The molecule has 1 atom stereocenters. The number of aromatic amines is 1. The number of carbonyl (C=O) groups excluding carboxylic acids is 4. The van der Waals surface area contributed by atoms with Crippen LogP contribution in [0.2, 0.25) is 5.02 Å². The smallest absolute Gasteiger partial charge is 0.252 e. The van der Waals surface area contributed by atoms with Crippen LogP contribution < -0.4 is 10.6 Å². The van der Waals surface area contributed by atoms with E-state index in [-0.39, 0.29) is 47.8 Å². The molecule has 1 saturated carbocycles. The van der Waals surface area contributed by atoms with Gasteiger partial charge in [-0.05, 0) is 43.5 Å². The van der Waals surface area contributed by atoms with Crippen LogP contribution in [0, 0.1) is 5.82 Å². The fraction of sp³-hybridized carbons (Fsp3) is 0.250. The maximum Gasteiger partial charge on any atom is 0.252 e. The van der Waals surface area contributed by atoms with E-state index < -0.39 is 23.7 Å². The molecular formula is C32H30ClFN4O4. The summed E-state index contributed by atoms with van der Waals surface area (Å²) in [6.45, 7) is 1.17. The molecular weight excluding hydrogens is 559 g/mol. The van der Waals surface area contributed by atoms with Crippen LogP contribution in [0.1, 0.15) is 51.6 Å². The molecule has 1 aliphatic carbocycles. The zero-order valence-corrected chi connectivity index (χ0v) is 23.7. The van der Waals surface area contributed by atoms with Gasteiger partial charge >= 0.3 is 0 Å². The van der Waals surface area contributed by atoms with E-state index in [4.69, 9.17) is 11.6 Å². The largest absolute Gasteiger partial charge is 0.360 e. The number of aromatic nitrogens is 1. The quantitative estimate of drug-likeness (QED) is 0.218. The Hall–Kier alpha value is -4.50. The standard InChI is InChI=1S/C32H30ClFN4O4/c1-19(39)25-17-35-27-15-21(10-13-24(25)27)31(41)37-28(14-20-6-3-2-4-7-20)32(42)38(23-11-12-23)18-29(40)36-16-22-8-5-9-26(33)30(22)34/h2-10,13,15,17,23,28,35H,11-12,14,16,18H2,1H3,(H,36,40)(H,37,41). The fourth-order valence-electron chi connectivity index (χ4n) is 4.91. The summed E-state index contributed by atoms with van der Waals surface area (Å²) in [7, 11) is 0. The van der Waals surface area contributed by atoms with Gasteiger partial charge in [0.25, 0.3) is 5.91 Å². The molecule has 42 heavy (non-hydrogen) atoms. The lowest BCUT2D eigenvalue weighted by Gasteiger charge is -2.28. The Morgan fingerprint density at radius 3 is 2.52 bits per heavy atom. The SMILES string of the molecule is CC(=O)c1c[nH]c2cc(C(=O)NC(Cc3ccccc3)C(=O)N(CC(=O)NCc3cccc(Cl)c3F)C3CC3)ccc12. The summed E-state index contributed by atoms with van der Waals surface area (Å²) in [6, 6.07) is 17.8. The Balaban J connectivity index is 1.33. The number of nitrogens with one attached hydrogen (secondary N) is 3. The molecule has 216 valence electrons. The van der Waals surface area contributed by atoms with Gasteiger partial charge in [0.2, 0.25) is 11.8 Å². The van der Waals surface area contributed by atoms with Crippen LogP contribution in [0.15, 0.2) is 72.9 Å². The fourth-order valence-corrected chi connectivity index (χ4v) is 5.11. The second kappa shape index (κ2) is 12.6. The Morgan fingerprint density at radius 2 is 1.81 bits per heavy atom. The third-order valence-corrected chi connectivity index (χ3v) is 7.59. The molecule has 8 nitrogen and oxygen atoms in total. The number of carbonyl (C=O) groups is 4. The van der Waals surface area contributed by atoms with E-state index in [0.29, 0.717) is 22.0 Å². The lowest BCUT2D eigenvalue weighted by Crippen LogP contribution is -2.52. The highest BCUT2D eigenvalue weighted by molar-refractivity contribution is 6.30. The van der Waals surface area contributed by atoms with Gasteiger partial charge in [-0.15, -0.1) is 0 Å². The Labute approximate surface area is 247 Å². The monoisotopic (exact) mass is 588 g/mol. The third kappa shape index (κ3) is 6.69. The molecule has 0 aliphatic heterocycles. The minimum Gasteiger partial charge on any atom is -0.360 e. The van der Waals surface area contributed by atoms with Gasteiger partial charge in [0.05, 0.1) is 11.6 Å². The number of benzene rings is 3. The number of fused-ring (bicyclic) bond motifs is 1. The number of rotatable bonds is 11. The highest BCUT2D eigenvalue weighted by Gasteiger charge is 2.37. The number of H-pyrrole nitrogens is 1. The molecule has 1 aliphatic rings. The van der Waals surface area contributed by atoms with Crippen molar-refractivity contribution in [3.8, 4) is 0 Å². The number of Topliss-reactive ketones (excluding diaryl/α,β-unsaturated/α-hetero) is 1. The molecule has 1 fully saturated rings. The van der Waals surface area contributed by atoms with Gasteiger partial charge in [-0.25, -0.2) is 4.39 Å². The van der Waals surface area contributed by atoms with Crippen LogP contribution in [0.4, 0.5) is 4.39 Å². The molecule has 4 aromatic rings. The molecule has 5 rings (SSSR count). The molecule has 0 spiro atoms. The van der Waals surface area contributed by atoms with E-state index in [9.17, 15) is 23.6 Å². The molecule has 0 radical (unpaired) electrons. The molecule has 0 bridgehead atoms. The van der Waals surface area contributed by atoms with Gasteiger partial charge < -0.3 is 20.5 Å². The summed E-state index contributed by atoms with van der Waals surface area (Å²) in [6.07, 6.45) is 3.32. The predicted octanol–water partition coefficient (Wildman–Crippen LogP) is 4.81. The minimum absolute atomic E-state index is 0.0364. The zero-order chi connectivity index (χ0) is 29.8. The lowest BCUT2D eigenvalue weighted by atomic mass is 10.0. The van der Waals surface area contributed by atoms with Gasteiger partial charge in [0.1, 0.15) is 11.9 Å². The van der Waals surface area contributed by atoms with Crippen LogP contribution >= 0.6 is 11.6 Å². The van der Waals surface area contributed by atoms with E-state index in [1.54, 1.807) is 30.5 Å². The van der Waals surface area contributed by atoms with Crippen molar-refractivity contribution in [2.45, 2.75) is 44.8 Å². The van der Waals surface area contributed by atoms with E-state index in [1.165, 1.54) is 24.0 Å². The van der Waals surface area contributed by atoms with Gasteiger partial charge in [-0.1, -0.05) is 60.1 Å². The van der Waals surface area contributed by atoms with E-state index in [1.807, 2.05) is 30.3 Å². The van der Waals surface area contributed by atoms with Crippen molar-refractivity contribution in [3.63, 3.8) is 0 Å². The molecule has 1 unspecified atom stereocenters. The van der Waals surface area contributed by atoms with Gasteiger partial charge in [0.15, 0.2) is 5.78 Å². The summed E-state index contributed by atoms with van der Waals surface area (Å²) >= 11 is 5.84. The number of hydrogen-bond donors (Lipinski definition) is 3. The van der Waals surface area contributed by atoms with Crippen LogP contribution in [-0.4, -0.2) is 52.0 Å². The summed E-state index contributed by atoms with van der Waals surface area (Å²) in [5.41, 5.74) is 2.57. The Bertz CT molecular complexity index is 1650. The van der Waals surface area contributed by atoms with Crippen molar-refractivity contribution >= 4 is 46.0 Å². The van der Waals surface area contributed by atoms with Gasteiger partial charge in [-0.2, -0.15) is 0 Å². The zero-order valence-electron chi connectivity index (χ0n) is 23.0. The molecule has 10 heteroatoms. The molecule has 3 N–H and O–H groups in total. The first-order valence-electron chi connectivity index (χ1n) is 13.7. The second-order valence-corrected chi connectivity index (χ2v) is 10.8. The minimum atomic E-state index is -0.939. The van der Waals surface area contributed by atoms with Crippen molar-refractivity contribution < 1.29 is 23.6 Å².